The predicted octanol–water partition coefficient (Wildman–Crippen LogP) is 1.53. The van der Waals surface area contributed by atoms with Crippen molar-refractivity contribution in [3.8, 4) is 0 Å². The molecule has 2 rings (SSSR count). The van der Waals surface area contributed by atoms with Crippen molar-refractivity contribution < 1.29 is 9.84 Å². The summed E-state index contributed by atoms with van der Waals surface area (Å²) in [7, 11) is 0. The van der Waals surface area contributed by atoms with E-state index in [9.17, 15) is 5.11 Å². The molecule has 0 radical (unpaired) electrons. The van der Waals surface area contributed by atoms with Gasteiger partial charge in [-0.2, -0.15) is 0 Å². The summed E-state index contributed by atoms with van der Waals surface area (Å²) in [5, 5.41) is 12.5. The first-order valence-electron chi connectivity index (χ1n) is 6.20. The van der Waals surface area contributed by atoms with Gasteiger partial charge in [-0.05, 0) is 24.3 Å². The maximum Gasteiger partial charge on any atom is 0.0847 e. The fraction of sp³-hybridized carbons (Fsp3) is 0.538. The molecule has 0 spiro atoms. The highest BCUT2D eigenvalue weighted by Crippen LogP contribution is 2.18. The van der Waals surface area contributed by atoms with E-state index in [0.717, 1.165) is 32.0 Å². The van der Waals surface area contributed by atoms with Gasteiger partial charge in [0.15, 0.2) is 0 Å². The number of nitrogens with one attached hydrogen (secondary N) is 1. The molecule has 0 aliphatic carbocycles. The number of rotatable bonds is 5. The normalized spacial score (nSPS) is 17.6. The lowest BCUT2D eigenvalue weighted by atomic mass is 10.2. The van der Waals surface area contributed by atoms with E-state index in [-0.39, 0.29) is 5.88 Å². The third kappa shape index (κ3) is 3.77. The first kappa shape index (κ1) is 13.5. The molecule has 0 amide bonds. The zero-order valence-corrected chi connectivity index (χ0v) is 11.1. The molecule has 5 heteroatoms. The van der Waals surface area contributed by atoms with Crippen LogP contribution in [0, 0.1) is 0 Å². The molecule has 1 saturated heterocycles. The summed E-state index contributed by atoms with van der Waals surface area (Å²) in [6, 6.07) is 8.21. The van der Waals surface area contributed by atoms with E-state index < -0.39 is 6.10 Å². The Morgan fingerprint density at radius 3 is 2.56 bits per heavy atom. The standard InChI is InChI=1S/C13H19ClN2O2/c14-9-13(17)10-15-11-1-3-12(4-2-11)16-5-7-18-8-6-16/h1-4,13,15,17H,5-10H2. The summed E-state index contributed by atoms with van der Waals surface area (Å²) >= 11 is 5.54. The highest BCUT2D eigenvalue weighted by molar-refractivity contribution is 6.18. The average molecular weight is 271 g/mol. The average Bonchev–Trinajstić information content (AvgIpc) is 2.46. The van der Waals surface area contributed by atoms with E-state index in [2.05, 4.69) is 22.3 Å². The minimum absolute atomic E-state index is 0.249. The Hall–Kier alpha value is -0.970. The molecule has 1 aliphatic heterocycles. The van der Waals surface area contributed by atoms with Gasteiger partial charge in [0.1, 0.15) is 0 Å². The molecular formula is C13H19ClN2O2. The molecule has 0 aromatic heterocycles. The zero-order valence-electron chi connectivity index (χ0n) is 10.3. The van der Waals surface area contributed by atoms with Crippen LogP contribution in [-0.4, -0.2) is 49.9 Å². The van der Waals surface area contributed by atoms with E-state index in [1.54, 1.807) is 0 Å². The van der Waals surface area contributed by atoms with Crippen LogP contribution in [0.5, 0.6) is 0 Å². The number of aliphatic hydroxyl groups is 1. The van der Waals surface area contributed by atoms with E-state index in [1.807, 2.05) is 12.1 Å². The number of anilines is 2. The van der Waals surface area contributed by atoms with Gasteiger partial charge >= 0.3 is 0 Å². The van der Waals surface area contributed by atoms with Crippen LogP contribution in [0.3, 0.4) is 0 Å². The molecule has 1 fully saturated rings. The number of alkyl halides is 1. The smallest absolute Gasteiger partial charge is 0.0847 e. The Labute approximate surface area is 113 Å². The highest BCUT2D eigenvalue weighted by Gasteiger charge is 2.10. The summed E-state index contributed by atoms with van der Waals surface area (Å²) in [5.41, 5.74) is 2.21. The molecule has 0 saturated carbocycles. The van der Waals surface area contributed by atoms with Gasteiger partial charge in [0, 0.05) is 31.0 Å². The Balaban J connectivity index is 1.88. The monoisotopic (exact) mass is 270 g/mol. The quantitative estimate of drug-likeness (QED) is 0.797. The highest BCUT2D eigenvalue weighted by atomic mass is 35.5. The van der Waals surface area contributed by atoms with E-state index in [0.29, 0.717) is 6.54 Å². The minimum Gasteiger partial charge on any atom is -0.390 e. The summed E-state index contributed by atoms with van der Waals surface area (Å²) in [6.45, 7) is 3.94. The third-order valence-electron chi connectivity index (χ3n) is 2.96. The summed E-state index contributed by atoms with van der Waals surface area (Å²) in [4.78, 5) is 2.31. The van der Waals surface area contributed by atoms with E-state index in [1.165, 1.54) is 5.69 Å². The fourth-order valence-electron chi connectivity index (χ4n) is 1.90. The lowest BCUT2D eigenvalue weighted by Gasteiger charge is -2.29. The first-order chi connectivity index (χ1) is 8.79. The molecule has 0 bridgehead atoms. The number of benzene rings is 1. The van der Waals surface area contributed by atoms with Gasteiger partial charge in [0.25, 0.3) is 0 Å². The number of aliphatic hydroxyl groups excluding tert-OH is 1. The Morgan fingerprint density at radius 2 is 1.94 bits per heavy atom. The predicted molar refractivity (Wildman–Crippen MR) is 74.7 cm³/mol. The largest absolute Gasteiger partial charge is 0.390 e. The van der Waals surface area contributed by atoms with Crippen molar-refractivity contribution in [3.05, 3.63) is 24.3 Å². The molecule has 2 N–H and O–H groups in total. The maximum absolute atomic E-state index is 9.36. The van der Waals surface area contributed by atoms with Crippen molar-refractivity contribution in [2.24, 2.45) is 0 Å². The second kappa shape index (κ2) is 6.83. The summed E-state index contributed by atoms with van der Waals surface area (Å²) < 4.78 is 5.33. The van der Waals surface area contributed by atoms with Crippen LogP contribution in [0.4, 0.5) is 11.4 Å². The third-order valence-corrected chi connectivity index (χ3v) is 3.32. The van der Waals surface area contributed by atoms with Gasteiger partial charge in [-0.25, -0.2) is 0 Å². The van der Waals surface area contributed by atoms with Crippen LogP contribution >= 0.6 is 11.6 Å². The van der Waals surface area contributed by atoms with Gasteiger partial charge in [0.2, 0.25) is 0 Å². The topological polar surface area (TPSA) is 44.7 Å². The van der Waals surface area contributed by atoms with Crippen LogP contribution in [-0.2, 0) is 4.74 Å². The van der Waals surface area contributed by atoms with Crippen molar-refractivity contribution in [2.75, 3.05) is 48.9 Å². The molecule has 1 atom stereocenters. The maximum atomic E-state index is 9.36. The van der Waals surface area contributed by atoms with Crippen molar-refractivity contribution in [1.82, 2.24) is 0 Å². The minimum atomic E-state index is -0.509. The van der Waals surface area contributed by atoms with Gasteiger partial charge in [0.05, 0.1) is 25.2 Å². The van der Waals surface area contributed by atoms with Crippen LogP contribution < -0.4 is 10.2 Å². The van der Waals surface area contributed by atoms with E-state index in [4.69, 9.17) is 16.3 Å². The fourth-order valence-corrected chi connectivity index (χ4v) is 2.01. The van der Waals surface area contributed by atoms with Gasteiger partial charge in [-0.1, -0.05) is 0 Å². The molecule has 1 aromatic rings. The summed E-state index contributed by atoms with van der Waals surface area (Å²) in [5.74, 6) is 0.249. The van der Waals surface area contributed by atoms with Crippen molar-refractivity contribution in [2.45, 2.75) is 6.10 Å². The molecule has 1 unspecified atom stereocenters. The van der Waals surface area contributed by atoms with Crippen LogP contribution in [0.25, 0.3) is 0 Å². The molecule has 18 heavy (non-hydrogen) atoms. The molecule has 100 valence electrons. The second-order valence-corrected chi connectivity index (χ2v) is 4.64. The van der Waals surface area contributed by atoms with Crippen molar-refractivity contribution in [1.29, 1.82) is 0 Å². The van der Waals surface area contributed by atoms with Gasteiger partial charge in [-0.3, -0.25) is 0 Å². The number of hydrogen-bond acceptors (Lipinski definition) is 4. The lowest BCUT2D eigenvalue weighted by molar-refractivity contribution is 0.122. The number of halogens is 1. The Morgan fingerprint density at radius 1 is 1.28 bits per heavy atom. The van der Waals surface area contributed by atoms with Gasteiger partial charge < -0.3 is 20.1 Å². The number of nitrogens with zero attached hydrogens (tertiary/aromatic N) is 1. The molecule has 1 heterocycles. The number of ether oxygens (including phenoxy) is 1. The number of morpholine rings is 1. The summed E-state index contributed by atoms with van der Waals surface area (Å²) in [6.07, 6.45) is -0.509. The molecular weight excluding hydrogens is 252 g/mol. The van der Waals surface area contributed by atoms with Crippen molar-refractivity contribution in [3.63, 3.8) is 0 Å². The lowest BCUT2D eigenvalue weighted by Crippen LogP contribution is -2.36. The molecule has 4 nitrogen and oxygen atoms in total. The van der Waals surface area contributed by atoms with Crippen molar-refractivity contribution >= 4 is 23.0 Å². The molecule has 1 aromatic carbocycles. The van der Waals surface area contributed by atoms with E-state index >= 15 is 0 Å². The first-order valence-corrected chi connectivity index (χ1v) is 6.73. The molecule has 1 aliphatic rings. The Kier molecular flexibility index (Phi) is 5.11. The van der Waals surface area contributed by atoms with Crippen LogP contribution in [0.15, 0.2) is 24.3 Å². The number of hydrogen-bond donors (Lipinski definition) is 2. The zero-order chi connectivity index (χ0) is 12.8. The van der Waals surface area contributed by atoms with Crippen LogP contribution in [0.1, 0.15) is 0 Å². The van der Waals surface area contributed by atoms with Crippen LogP contribution in [0.2, 0.25) is 0 Å². The Bertz CT molecular complexity index is 353. The van der Waals surface area contributed by atoms with Gasteiger partial charge in [-0.15, -0.1) is 11.6 Å². The second-order valence-electron chi connectivity index (χ2n) is 4.34. The SMILES string of the molecule is OC(CCl)CNc1ccc(N2CCOCC2)cc1.